The summed E-state index contributed by atoms with van der Waals surface area (Å²) in [6, 6.07) is 9.06. The van der Waals surface area contributed by atoms with Crippen molar-refractivity contribution in [1.29, 1.82) is 0 Å². The summed E-state index contributed by atoms with van der Waals surface area (Å²) in [4.78, 5) is 0.211. The summed E-state index contributed by atoms with van der Waals surface area (Å²) in [6.45, 7) is 2.29. The van der Waals surface area contributed by atoms with Crippen molar-refractivity contribution in [3.63, 3.8) is 0 Å². The van der Waals surface area contributed by atoms with E-state index >= 15 is 0 Å². The van der Waals surface area contributed by atoms with Crippen molar-refractivity contribution in [2.45, 2.75) is 36.7 Å². The minimum Gasteiger partial charge on any atom is -0.497 e. The summed E-state index contributed by atoms with van der Waals surface area (Å²) < 4.78 is 36.0. The van der Waals surface area contributed by atoms with E-state index in [1.54, 1.807) is 28.1 Å². The lowest BCUT2D eigenvalue weighted by Gasteiger charge is -2.28. The molecule has 9 heteroatoms. The third-order valence-corrected chi connectivity index (χ3v) is 7.52. The largest absolute Gasteiger partial charge is 0.497 e. The van der Waals surface area contributed by atoms with Crippen LogP contribution in [0.4, 0.5) is 0 Å². The van der Waals surface area contributed by atoms with Crippen molar-refractivity contribution in [2.75, 3.05) is 7.11 Å². The summed E-state index contributed by atoms with van der Waals surface area (Å²) in [5, 5.41) is 7.82. The van der Waals surface area contributed by atoms with Gasteiger partial charge in [0.25, 0.3) is 0 Å². The molecule has 7 nitrogen and oxygen atoms in total. The van der Waals surface area contributed by atoms with Crippen LogP contribution >= 0.6 is 15.9 Å². The highest BCUT2D eigenvalue weighted by molar-refractivity contribution is 9.10. The standard InChI is InChI=1S/C18H19BrN4O3S/c1-18(7-8-18)23(10-13-3-5-14(26-2)6-4-13)27(24,25)15-9-16(19)17-21-20-12-22(17)11-15/h3-6,9,11-12H,7-8,10H2,1-2H3. The summed E-state index contributed by atoms with van der Waals surface area (Å²) in [5.74, 6) is 0.743. The molecule has 0 aliphatic heterocycles. The number of methoxy groups -OCH3 is 1. The maximum Gasteiger partial charge on any atom is 0.245 e. The molecule has 1 aromatic carbocycles. The molecule has 2 heterocycles. The maximum atomic E-state index is 13.5. The van der Waals surface area contributed by atoms with Crippen LogP contribution in [0.15, 0.2) is 52.2 Å². The smallest absolute Gasteiger partial charge is 0.245 e. The Kier molecular flexibility index (Phi) is 4.48. The van der Waals surface area contributed by atoms with Crippen molar-refractivity contribution >= 4 is 31.6 Å². The lowest BCUT2D eigenvalue weighted by molar-refractivity contribution is 0.312. The first-order valence-corrected chi connectivity index (χ1v) is 10.7. The van der Waals surface area contributed by atoms with Crippen LogP contribution in [0.1, 0.15) is 25.3 Å². The minimum atomic E-state index is -3.71. The number of fused-ring (bicyclic) bond motifs is 1. The number of hydrogen-bond acceptors (Lipinski definition) is 5. The Morgan fingerprint density at radius 2 is 2.00 bits per heavy atom. The Hall–Kier alpha value is -1.97. The van der Waals surface area contributed by atoms with E-state index in [-0.39, 0.29) is 10.4 Å². The second-order valence-electron chi connectivity index (χ2n) is 6.94. The van der Waals surface area contributed by atoms with Crippen molar-refractivity contribution in [3.8, 4) is 5.75 Å². The fourth-order valence-electron chi connectivity index (χ4n) is 3.03. The Morgan fingerprint density at radius 1 is 1.30 bits per heavy atom. The molecule has 1 aliphatic rings. The van der Waals surface area contributed by atoms with Crippen molar-refractivity contribution < 1.29 is 13.2 Å². The Morgan fingerprint density at radius 3 is 2.63 bits per heavy atom. The number of halogens is 1. The SMILES string of the molecule is COc1ccc(CN(C2(C)CC2)S(=O)(=O)c2cc(Br)c3nncn3c2)cc1. The topological polar surface area (TPSA) is 76.8 Å². The van der Waals surface area contributed by atoms with Gasteiger partial charge in [-0.05, 0) is 59.5 Å². The number of aromatic nitrogens is 3. The van der Waals surface area contributed by atoms with Crippen LogP contribution in [-0.4, -0.2) is 40.0 Å². The van der Waals surface area contributed by atoms with Crippen LogP contribution in [0.25, 0.3) is 5.65 Å². The lowest BCUT2D eigenvalue weighted by atomic mass is 10.2. The molecular formula is C18H19BrN4O3S. The van der Waals surface area contributed by atoms with Crippen molar-refractivity contribution in [1.82, 2.24) is 18.9 Å². The highest BCUT2D eigenvalue weighted by atomic mass is 79.9. The lowest BCUT2D eigenvalue weighted by Crippen LogP contribution is -2.39. The number of nitrogens with zero attached hydrogens (tertiary/aromatic N) is 4. The van der Waals surface area contributed by atoms with Gasteiger partial charge in [-0.1, -0.05) is 12.1 Å². The van der Waals surface area contributed by atoms with Crippen LogP contribution in [0.2, 0.25) is 0 Å². The fraction of sp³-hybridized carbons (Fsp3) is 0.333. The Bertz CT molecular complexity index is 1090. The third-order valence-electron chi connectivity index (χ3n) is 4.97. The van der Waals surface area contributed by atoms with Gasteiger partial charge in [0, 0.05) is 18.3 Å². The van der Waals surface area contributed by atoms with Gasteiger partial charge in [-0.3, -0.25) is 4.40 Å². The van der Waals surface area contributed by atoms with Gasteiger partial charge in [0.05, 0.1) is 11.6 Å². The molecule has 3 aromatic rings. The summed E-state index contributed by atoms with van der Waals surface area (Å²) >= 11 is 3.40. The normalized spacial score (nSPS) is 16.0. The van der Waals surface area contributed by atoms with E-state index in [2.05, 4.69) is 26.1 Å². The molecule has 1 aliphatic carbocycles. The van der Waals surface area contributed by atoms with E-state index in [9.17, 15) is 8.42 Å². The van der Waals surface area contributed by atoms with Gasteiger partial charge in [-0.25, -0.2) is 8.42 Å². The van der Waals surface area contributed by atoms with E-state index in [1.807, 2.05) is 31.2 Å². The molecule has 0 atom stereocenters. The maximum absolute atomic E-state index is 13.5. The van der Waals surface area contributed by atoms with Gasteiger partial charge in [-0.2, -0.15) is 4.31 Å². The molecule has 1 saturated carbocycles. The molecule has 27 heavy (non-hydrogen) atoms. The number of pyridine rings is 1. The van der Waals surface area contributed by atoms with Crippen molar-refractivity contribution in [3.05, 3.63) is 52.9 Å². The zero-order chi connectivity index (χ0) is 19.2. The molecule has 0 bridgehead atoms. The Balaban J connectivity index is 1.74. The summed E-state index contributed by atoms with van der Waals surface area (Å²) in [7, 11) is -2.10. The van der Waals surface area contributed by atoms with Crippen LogP contribution < -0.4 is 4.74 Å². The van der Waals surface area contributed by atoms with Gasteiger partial charge in [0.15, 0.2) is 5.65 Å². The quantitative estimate of drug-likeness (QED) is 0.575. The molecule has 0 radical (unpaired) electrons. The molecule has 4 rings (SSSR count). The molecular weight excluding hydrogens is 432 g/mol. The van der Waals surface area contributed by atoms with E-state index in [4.69, 9.17) is 4.74 Å². The number of sulfonamides is 1. The van der Waals surface area contributed by atoms with E-state index in [0.29, 0.717) is 16.7 Å². The van der Waals surface area contributed by atoms with Crippen LogP contribution in [0, 0.1) is 0 Å². The second kappa shape index (κ2) is 6.57. The van der Waals surface area contributed by atoms with E-state index in [1.165, 1.54) is 6.33 Å². The monoisotopic (exact) mass is 450 g/mol. The molecule has 2 aromatic heterocycles. The van der Waals surface area contributed by atoms with Gasteiger partial charge < -0.3 is 4.74 Å². The van der Waals surface area contributed by atoms with Gasteiger partial charge in [0.1, 0.15) is 17.0 Å². The van der Waals surface area contributed by atoms with Gasteiger partial charge in [-0.15, -0.1) is 10.2 Å². The summed E-state index contributed by atoms with van der Waals surface area (Å²) in [5.41, 5.74) is 1.12. The van der Waals surface area contributed by atoms with Crippen LogP contribution in [0.5, 0.6) is 5.75 Å². The minimum absolute atomic E-state index is 0.211. The predicted octanol–water partition coefficient (Wildman–Crippen LogP) is 3.24. The zero-order valence-corrected chi connectivity index (χ0v) is 17.4. The molecule has 0 saturated heterocycles. The first-order valence-electron chi connectivity index (χ1n) is 8.48. The van der Waals surface area contributed by atoms with Crippen LogP contribution in [0.3, 0.4) is 0 Å². The first kappa shape index (κ1) is 18.4. The van der Waals surface area contributed by atoms with Gasteiger partial charge in [0.2, 0.25) is 10.0 Å². The highest BCUT2D eigenvalue weighted by Gasteiger charge is 2.49. The average Bonchev–Trinajstić information content (AvgIpc) is 3.20. The molecule has 0 unspecified atom stereocenters. The number of benzene rings is 1. The Labute approximate surface area is 166 Å². The average molecular weight is 451 g/mol. The van der Waals surface area contributed by atoms with E-state index in [0.717, 1.165) is 24.2 Å². The molecule has 0 spiro atoms. The van der Waals surface area contributed by atoms with Crippen molar-refractivity contribution in [2.24, 2.45) is 0 Å². The summed E-state index contributed by atoms with van der Waals surface area (Å²) in [6.07, 6.45) is 4.74. The molecule has 0 amide bonds. The second-order valence-corrected chi connectivity index (χ2v) is 9.66. The predicted molar refractivity (Wildman–Crippen MR) is 104 cm³/mol. The number of rotatable bonds is 6. The number of hydrogen-bond donors (Lipinski definition) is 0. The zero-order valence-electron chi connectivity index (χ0n) is 15.0. The molecule has 1 fully saturated rings. The third kappa shape index (κ3) is 3.35. The highest BCUT2D eigenvalue weighted by Crippen LogP contribution is 2.45. The molecule has 142 valence electrons. The first-order chi connectivity index (χ1) is 12.8. The van der Waals surface area contributed by atoms with Gasteiger partial charge >= 0.3 is 0 Å². The van der Waals surface area contributed by atoms with E-state index < -0.39 is 10.0 Å². The number of ether oxygens (including phenoxy) is 1. The van der Waals surface area contributed by atoms with Crippen LogP contribution in [-0.2, 0) is 16.6 Å². The fourth-order valence-corrected chi connectivity index (χ4v) is 5.57. The molecule has 0 N–H and O–H groups in total.